The highest BCUT2D eigenvalue weighted by Crippen LogP contribution is 2.23. The number of benzene rings is 1. The van der Waals surface area contributed by atoms with E-state index in [0.29, 0.717) is 5.02 Å². The van der Waals surface area contributed by atoms with Crippen LogP contribution in [0.3, 0.4) is 0 Å². The second-order valence-electron chi connectivity index (χ2n) is 5.44. The Morgan fingerprint density at radius 1 is 1.35 bits per heavy atom. The molecule has 1 atom stereocenters. The molecule has 3 nitrogen and oxygen atoms in total. The third-order valence-corrected chi connectivity index (χ3v) is 4.37. The first-order valence-electron chi connectivity index (χ1n) is 7.27. The van der Waals surface area contributed by atoms with Crippen molar-refractivity contribution < 1.29 is 0 Å². The Labute approximate surface area is 124 Å². The van der Waals surface area contributed by atoms with Crippen LogP contribution in [-0.2, 0) is 0 Å². The molecule has 1 aliphatic rings. The molecule has 0 spiro atoms. The predicted octanol–water partition coefficient (Wildman–Crippen LogP) is 3.64. The highest BCUT2D eigenvalue weighted by atomic mass is 35.5. The first-order chi connectivity index (χ1) is 9.76. The van der Waals surface area contributed by atoms with Crippen LogP contribution in [-0.4, -0.2) is 36.1 Å². The van der Waals surface area contributed by atoms with Gasteiger partial charge in [-0.2, -0.15) is 0 Å². The smallest absolute Gasteiger partial charge is 0.126 e. The Kier molecular flexibility index (Phi) is 4.08. The number of likely N-dealkylation sites (tertiary alicyclic amines) is 1. The molecule has 1 unspecified atom stereocenters. The molecule has 2 aromatic rings. The molecular weight excluding hydrogens is 270 g/mol. The normalized spacial score (nSPS) is 19.6. The fourth-order valence-electron chi connectivity index (χ4n) is 2.82. The van der Waals surface area contributed by atoms with Crippen LogP contribution in [0, 0.1) is 5.92 Å². The zero-order valence-corrected chi connectivity index (χ0v) is 12.5. The molecule has 1 aromatic heterocycles. The van der Waals surface area contributed by atoms with Crippen molar-refractivity contribution in [3.63, 3.8) is 0 Å². The Bertz CT molecular complexity index is 599. The van der Waals surface area contributed by atoms with Crippen LogP contribution in [0.2, 0.25) is 5.02 Å². The van der Waals surface area contributed by atoms with Crippen LogP contribution in [0.15, 0.2) is 30.3 Å². The summed E-state index contributed by atoms with van der Waals surface area (Å²) >= 11 is 6.20. The molecule has 1 fully saturated rings. The maximum Gasteiger partial charge on any atom is 0.126 e. The largest absolute Gasteiger partial charge is 0.370 e. The van der Waals surface area contributed by atoms with Gasteiger partial charge < -0.3 is 10.2 Å². The number of fused-ring (bicyclic) bond motifs is 1. The van der Waals surface area contributed by atoms with Crippen molar-refractivity contribution in [1.29, 1.82) is 0 Å². The van der Waals surface area contributed by atoms with Crippen LogP contribution < -0.4 is 5.32 Å². The molecule has 1 N–H and O–H groups in total. The summed E-state index contributed by atoms with van der Waals surface area (Å²) in [4.78, 5) is 7.12. The van der Waals surface area contributed by atoms with Gasteiger partial charge >= 0.3 is 0 Å². The van der Waals surface area contributed by atoms with Gasteiger partial charge in [-0.1, -0.05) is 30.7 Å². The summed E-state index contributed by atoms with van der Waals surface area (Å²) in [6.07, 6.45) is 1.27. The Morgan fingerprint density at radius 3 is 3.05 bits per heavy atom. The highest BCUT2D eigenvalue weighted by molar-refractivity contribution is 6.35. The number of hydrogen-bond acceptors (Lipinski definition) is 3. The quantitative estimate of drug-likeness (QED) is 0.931. The van der Waals surface area contributed by atoms with Crippen molar-refractivity contribution in [1.82, 2.24) is 9.88 Å². The zero-order valence-electron chi connectivity index (χ0n) is 11.8. The molecule has 2 heterocycles. The number of anilines is 1. The number of nitrogens with zero attached hydrogens (tertiary/aromatic N) is 2. The van der Waals surface area contributed by atoms with E-state index in [9.17, 15) is 0 Å². The van der Waals surface area contributed by atoms with Gasteiger partial charge in [0.15, 0.2) is 0 Å². The Morgan fingerprint density at radius 2 is 2.25 bits per heavy atom. The molecule has 3 rings (SSSR count). The van der Waals surface area contributed by atoms with E-state index < -0.39 is 0 Å². The van der Waals surface area contributed by atoms with Crippen molar-refractivity contribution in [2.24, 2.45) is 5.92 Å². The lowest BCUT2D eigenvalue weighted by Crippen LogP contribution is -2.22. The average Bonchev–Trinajstić information content (AvgIpc) is 2.94. The number of pyridine rings is 1. The van der Waals surface area contributed by atoms with Crippen LogP contribution in [0.25, 0.3) is 10.9 Å². The predicted molar refractivity (Wildman–Crippen MR) is 85.5 cm³/mol. The fourth-order valence-corrected chi connectivity index (χ4v) is 3.05. The van der Waals surface area contributed by atoms with Crippen molar-refractivity contribution in [2.75, 3.05) is 31.5 Å². The number of halogens is 1. The number of aromatic nitrogens is 1. The Balaban J connectivity index is 1.67. The maximum absolute atomic E-state index is 6.20. The summed E-state index contributed by atoms with van der Waals surface area (Å²) in [7, 11) is 0. The molecule has 1 aromatic carbocycles. The van der Waals surface area contributed by atoms with Crippen LogP contribution in [0.4, 0.5) is 5.82 Å². The van der Waals surface area contributed by atoms with Gasteiger partial charge in [-0.15, -0.1) is 0 Å². The van der Waals surface area contributed by atoms with Gasteiger partial charge in [-0.05, 0) is 43.6 Å². The second kappa shape index (κ2) is 5.98. The van der Waals surface area contributed by atoms with Crippen molar-refractivity contribution in [2.45, 2.75) is 13.3 Å². The third kappa shape index (κ3) is 2.89. The minimum absolute atomic E-state index is 0.712. The summed E-state index contributed by atoms with van der Waals surface area (Å²) in [5.41, 5.74) is 0.876. The average molecular weight is 290 g/mol. The highest BCUT2D eigenvalue weighted by Gasteiger charge is 2.20. The van der Waals surface area contributed by atoms with Crippen molar-refractivity contribution in [3.05, 3.63) is 35.4 Å². The number of para-hydroxylation sites is 1. The summed E-state index contributed by atoms with van der Waals surface area (Å²) in [5, 5.41) is 5.25. The van der Waals surface area contributed by atoms with Crippen LogP contribution in [0.1, 0.15) is 13.3 Å². The SMILES string of the molecule is CCN1CCC(CNc2ccc3cccc(Cl)c3n2)C1. The number of rotatable bonds is 4. The molecular formula is C16H20ClN3. The maximum atomic E-state index is 6.20. The van der Waals surface area contributed by atoms with Crippen LogP contribution >= 0.6 is 11.6 Å². The number of hydrogen-bond donors (Lipinski definition) is 1. The first-order valence-corrected chi connectivity index (χ1v) is 7.65. The monoisotopic (exact) mass is 289 g/mol. The zero-order chi connectivity index (χ0) is 13.9. The lowest BCUT2D eigenvalue weighted by Gasteiger charge is -2.14. The first kappa shape index (κ1) is 13.7. The molecule has 0 radical (unpaired) electrons. The van der Waals surface area contributed by atoms with E-state index in [1.54, 1.807) is 0 Å². The minimum atomic E-state index is 0.712. The van der Waals surface area contributed by atoms with E-state index in [1.165, 1.54) is 19.5 Å². The van der Waals surface area contributed by atoms with Crippen molar-refractivity contribution in [3.8, 4) is 0 Å². The second-order valence-corrected chi connectivity index (χ2v) is 5.84. The topological polar surface area (TPSA) is 28.2 Å². The van der Waals surface area contributed by atoms with E-state index in [4.69, 9.17) is 11.6 Å². The van der Waals surface area contributed by atoms with Gasteiger partial charge in [0.1, 0.15) is 5.82 Å². The molecule has 4 heteroatoms. The summed E-state index contributed by atoms with van der Waals surface area (Å²) in [5.74, 6) is 1.64. The summed E-state index contributed by atoms with van der Waals surface area (Å²) in [6, 6.07) is 9.98. The fraction of sp³-hybridized carbons (Fsp3) is 0.438. The molecule has 20 heavy (non-hydrogen) atoms. The van der Waals surface area contributed by atoms with Gasteiger partial charge in [0.2, 0.25) is 0 Å². The standard InChI is InChI=1S/C16H20ClN3/c1-2-20-9-8-12(11-20)10-18-15-7-6-13-4-3-5-14(17)16(13)19-15/h3-7,12H,2,8-11H2,1H3,(H,18,19). The summed E-state index contributed by atoms with van der Waals surface area (Å²) < 4.78 is 0. The van der Waals surface area contributed by atoms with E-state index in [2.05, 4.69) is 28.2 Å². The van der Waals surface area contributed by atoms with Crippen LogP contribution in [0.5, 0.6) is 0 Å². The lowest BCUT2D eigenvalue weighted by atomic mass is 10.1. The van der Waals surface area contributed by atoms with Gasteiger partial charge in [0.05, 0.1) is 10.5 Å². The van der Waals surface area contributed by atoms with Gasteiger partial charge in [-0.25, -0.2) is 4.98 Å². The molecule has 0 saturated carbocycles. The van der Waals surface area contributed by atoms with E-state index >= 15 is 0 Å². The van der Waals surface area contributed by atoms with Gasteiger partial charge in [0, 0.05) is 18.5 Å². The molecule has 106 valence electrons. The molecule has 0 aliphatic carbocycles. The molecule has 1 saturated heterocycles. The van der Waals surface area contributed by atoms with E-state index in [0.717, 1.165) is 35.7 Å². The van der Waals surface area contributed by atoms with Crippen molar-refractivity contribution >= 4 is 28.3 Å². The minimum Gasteiger partial charge on any atom is -0.370 e. The third-order valence-electron chi connectivity index (χ3n) is 4.06. The molecule has 0 amide bonds. The van der Waals surface area contributed by atoms with Gasteiger partial charge in [-0.3, -0.25) is 0 Å². The molecule has 0 bridgehead atoms. The Hall–Kier alpha value is -1.32. The number of nitrogens with one attached hydrogen (secondary N) is 1. The van der Waals surface area contributed by atoms with E-state index in [1.807, 2.05) is 24.3 Å². The van der Waals surface area contributed by atoms with E-state index in [-0.39, 0.29) is 0 Å². The van der Waals surface area contributed by atoms with Gasteiger partial charge in [0.25, 0.3) is 0 Å². The summed E-state index contributed by atoms with van der Waals surface area (Å²) in [6.45, 7) is 6.78. The molecule has 1 aliphatic heterocycles. The lowest BCUT2D eigenvalue weighted by molar-refractivity contribution is 0.345.